The SMILES string of the molecule is NCc1cc(S(=O)(=O)Nc2cc(F)ccc2Cl)c(Br)o1. The monoisotopic (exact) mass is 382 g/mol. The van der Waals surface area contributed by atoms with Crippen LogP contribution in [0.5, 0.6) is 0 Å². The van der Waals surface area contributed by atoms with Crippen LogP contribution in [0.2, 0.25) is 5.02 Å². The summed E-state index contributed by atoms with van der Waals surface area (Å²) in [5.41, 5.74) is 5.31. The molecule has 2 aromatic rings. The molecule has 0 aliphatic carbocycles. The molecule has 0 radical (unpaired) electrons. The Morgan fingerprint density at radius 3 is 2.70 bits per heavy atom. The first-order valence-electron chi connectivity index (χ1n) is 5.29. The van der Waals surface area contributed by atoms with Gasteiger partial charge in [0.05, 0.1) is 17.3 Å². The molecule has 0 aliphatic rings. The zero-order chi connectivity index (χ0) is 14.9. The number of sulfonamides is 1. The third-order valence-corrected chi connectivity index (χ3v) is 4.92. The maximum Gasteiger partial charge on any atom is 0.266 e. The highest BCUT2D eigenvalue weighted by molar-refractivity contribution is 9.10. The van der Waals surface area contributed by atoms with Gasteiger partial charge in [0.25, 0.3) is 10.0 Å². The second-order valence-electron chi connectivity index (χ2n) is 3.78. The largest absolute Gasteiger partial charge is 0.452 e. The minimum absolute atomic E-state index is 0.0120. The maximum atomic E-state index is 13.1. The van der Waals surface area contributed by atoms with Gasteiger partial charge in [0.15, 0.2) is 4.67 Å². The number of anilines is 1. The molecule has 0 saturated heterocycles. The summed E-state index contributed by atoms with van der Waals surface area (Å²) in [6.07, 6.45) is 0. The molecular weight excluding hydrogens is 375 g/mol. The van der Waals surface area contributed by atoms with Gasteiger partial charge in [-0.2, -0.15) is 0 Å². The van der Waals surface area contributed by atoms with Crippen molar-refractivity contribution < 1.29 is 17.2 Å². The molecule has 1 aromatic carbocycles. The lowest BCUT2D eigenvalue weighted by Gasteiger charge is -2.08. The van der Waals surface area contributed by atoms with Gasteiger partial charge in [0, 0.05) is 6.07 Å². The number of hydrogen-bond donors (Lipinski definition) is 2. The van der Waals surface area contributed by atoms with Crippen molar-refractivity contribution in [3.05, 3.63) is 45.5 Å². The van der Waals surface area contributed by atoms with Crippen LogP contribution in [-0.4, -0.2) is 8.42 Å². The zero-order valence-electron chi connectivity index (χ0n) is 9.86. The Labute approximate surface area is 128 Å². The average Bonchev–Trinajstić information content (AvgIpc) is 2.76. The summed E-state index contributed by atoms with van der Waals surface area (Å²) >= 11 is 8.80. The Morgan fingerprint density at radius 2 is 2.10 bits per heavy atom. The fourth-order valence-corrected chi connectivity index (χ4v) is 3.75. The maximum absolute atomic E-state index is 13.1. The van der Waals surface area contributed by atoms with Crippen molar-refractivity contribution in [1.29, 1.82) is 0 Å². The summed E-state index contributed by atoms with van der Waals surface area (Å²) in [6.45, 7) is 0.0504. The molecule has 108 valence electrons. The van der Waals surface area contributed by atoms with Gasteiger partial charge in [-0.3, -0.25) is 4.72 Å². The molecule has 20 heavy (non-hydrogen) atoms. The van der Waals surface area contributed by atoms with E-state index in [1.54, 1.807) is 0 Å². The molecule has 5 nitrogen and oxygen atoms in total. The highest BCUT2D eigenvalue weighted by atomic mass is 79.9. The van der Waals surface area contributed by atoms with E-state index in [2.05, 4.69) is 20.7 Å². The van der Waals surface area contributed by atoms with E-state index in [4.69, 9.17) is 21.8 Å². The molecule has 1 aromatic heterocycles. The molecule has 0 amide bonds. The molecule has 3 N–H and O–H groups in total. The van der Waals surface area contributed by atoms with E-state index < -0.39 is 15.8 Å². The van der Waals surface area contributed by atoms with Crippen LogP contribution in [0.4, 0.5) is 10.1 Å². The lowest BCUT2D eigenvalue weighted by molar-refractivity contribution is 0.484. The molecule has 0 atom stereocenters. The van der Waals surface area contributed by atoms with Gasteiger partial charge in [-0.15, -0.1) is 0 Å². The highest BCUT2D eigenvalue weighted by Crippen LogP contribution is 2.30. The molecule has 0 unspecified atom stereocenters. The van der Waals surface area contributed by atoms with Gasteiger partial charge in [0.2, 0.25) is 0 Å². The van der Waals surface area contributed by atoms with Gasteiger partial charge in [-0.25, -0.2) is 12.8 Å². The molecule has 0 fully saturated rings. The number of furan rings is 1. The van der Waals surface area contributed by atoms with E-state index >= 15 is 0 Å². The second kappa shape index (κ2) is 5.72. The van der Waals surface area contributed by atoms with Crippen LogP contribution in [0.15, 0.2) is 38.2 Å². The first-order chi connectivity index (χ1) is 9.33. The highest BCUT2D eigenvalue weighted by Gasteiger charge is 2.23. The van der Waals surface area contributed by atoms with Crippen LogP contribution in [0.25, 0.3) is 0 Å². The number of rotatable bonds is 4. The molecule has 0 spiro atoms. The van der Waals surface area contributed by atoms with E-state index in [1.807, 2.05) is 0 Å². The smallest absolute Gasteiger partial charge is 0.266 e. The van der Waals surface area contributed by atoms with Crippen molar-refractivity contribution in [2.45, 2.75) is 11.4 Å². The molecular formula is C11H9BrClFN2O3S. The van der Waals surface area contributed by atoms with E-state index in [0.29, 0.717) is 5.76 Å². The molecule has 0 saturated carbocycles. The lowest BCUT2D eigenvalue weighted by Crippen LogP contribution is -2.13. The second-order valence-corrected chi connectivity index (χ2v) is 6.56. The summed E-state index contributed by atoms with van der Waals surface area (Å²) in [5.74, 6) is -0.316. The number of nitrogens with two attached hydrogens (primary N) is 1. The topological polar surface area (TPSA) is 85.3 Å². The quantitative estimate of drug-likeness (QED) is 0.849. The molecule has 0 aliphatic heterocycles. The fraction of sp³-hybridized carbons (Fsp3) is 0.0909. The Kier molecular flexibility index (Phi) is 4.38. The van der Waals surface area contributed by atoms with Crippen LogP contribution in [0.3, 0.4) is 0 Å². The van der Waals surface area contributed by atoms with Gasteiger partial charge < -0.3 is 10.2 Å². The van der Waals surface area contributed by atoms with Crippen LogP contribution in [-0.2, 0) is 16.6 Å². The Bertz CT molecular complexity index is 748. The minimum atomic E-state index is -3.97. The lowest BCUT2D eigenvalue weighted by atomic mass is 10.3. The van der Waals surface area contributed by atoms with Crippen molar-refractivity contribution >= 4 is 43.2 Å². The summed E-state index contributed by atoms with van der Waals surface area (Å²) in [4.78, 5) is -0.140. The van der Waals surface area contributed by atoms with E-state index in [9.17, 15) is 12.8 Å². The summed E-state index contributed by atoms with van der Waals surface area (Å²) in [7, 11) is -3.97. The molecule has 9 heteroatoms. The third-order valence-electron chi connectivity index (χ3n) is 2.37. The van der Waals surface area contributed by atoms with Crippen molar-refractivity contribution in [3.8, 4) is 0 Å². The first kappa shape index (κ1) is 15.3. The molecule has 0 bridgehead atoms. The molecule has 1 heterocycles. The summed E-state index contributed by atoms with van der Waals surface area (Å²) < 4.78 is 44.8. The Balaban J connectivity index is 2.40. The van der Waals surface area contributed by atoms with Crippen LogP contribution in [0.1, 0.15) is 5.76 Å². The van der Waals surface area contributed by atoms with Gasteiger partial charge in [-0.1, -0.05) is 11.6 Å². The van der Waals surface area contributed by atoms with Gasteiger partial charge >= 0.3 is 0 Å². The fourth-order valence-electron chi connectivity index (χ4n) is 1.46. The number of halogens is 3. The number of hydrogen-bond acceptors (Lipinski definition) is 4. The third kappa shape index (κ3) is 3.14. The van der Waals surface area contributed by atoms with Gasteiger partial charge in [-0.05, 0) is 34.1 Å². The van der Waals surface area contributed by atoms with Crippen molar-refractivity contribution in [1.82, 2.24) is 0 Å². The zero-order valence-corrected chi connectivity index (χ0v) is 13.0. The Morgan fingerprint density at radius 1 is 1.40 bits per heavy atom. The van der Waals surface area contributed by atoms with Crippen LogP contribution < -0.4 is 10.5 Å². The number of benzene rings is 1. The van der Waals surface area contributed by atoms with E-state index in [1.165, 1.54) is 12.1 Å². The van der Waals surface area contributed by atoms with E-state index in [-0.39, 0.29) is 26.8 Å². The predicted octanol–water partition coefficient (Wildman–Crippen LogP) is 3.09. The van der Waals surface area contributed by atoms with Crippen LogP contribution in [0, 0.1) is 5.82 Å². The predicted molar refractivity (Wildman–Crippen MR) is 76.5 cm³/mol. The standard InChI is InChI=1S/C11H9BrClFN2O3S/c12-11-10(4-7(5-15)19-11)20(17,18)16-9-3-6(14)1-2-8(9)13/h1-4,16H,5,15H2. The van der Waals surface area contributed by atoms with Crippen molar-refractivity contribution in [3.63, 3.8) is 0 Å². The Hall–Kier alpha value is -1.09. The van der Waals surface area contributed by atoms with E-state index in [0.717, 1.165) is 12.1 Å². The first-order valence-corrected chi connectivity index (χ1v) is 7.95. The van der Waals surface area contributed by atoms with Gasteiger partial charge in [0.1, 0.15) is 16.5 Å². The van der Waals surface area contributed by atoms with Crippen molar-refractivity contribution in [2.24, 2.45) is 5.73 Å². The number of nitrogens with one attached hydrogen (secondary N) is 1. The summed E-state index contributed by atoms with van der Waals surface area (Å²) in [6, 6.07) is 4.64. The van der Waals surface area contributed by atoms with Crippen molar-refractivity contribution in [2.75, 3.05) is 4.72 Å². The van der Waals surface area contributed by atoms with Crippen LogP contribution >= 0.6 is 27.5 Å². The summed E-state index contributed by atoms with van der Waals surface area (Å²) in [5, 5.41) is 0.0774. The normalized spacial score (nSPS) is 11.6. The minimum Gasteiger partial charge on any atom is -0.452 e. The average molecular weight is 384 g/mol. The molecule has 2 rings (SSSR count).